The predicted octanol–water partition coefficient (Wildman–Crippen LogP) is 6.08. The zero-order valence-electron chi connectivity index (χ0n) is 16.2. The van der Waals surface area contributed by atoms with Crippen LogP contribution in [0.1, 0.15) is 33.4 Å². The van der Waals surface area contributed by atoms with Crippen molar-refractivity contribution in [3.05, 3.63) is 106 Å². The molecule has 148 valence electrons. The molecule has 0 spiro atoms. The van der Waals surface area contributed by atoms with Crippen LogP contribution in [0.3, 0.4) is 0 Å². The second kappa shape index (κ2) is 11.9. The number of nitrogens with two attached hydrogens (primary N) is 1. The van der Waals surface area contributed by atoms with E-state index in [0.29, 0.717) is 12.3 Å². The molecule has 0 atom stereocenters. The number of halogens is 2. The minimum Gasteiger partial charge on any atom is -0.281 e. The first-order valence-corrected chi connectivity index (χ1v) is 10.4. The van der Waals surface area contributed by atoms with Gasteiger partial charge in [-0.05, 0) is 60.1 Å². The van der Waals surface area contributed by atoms with Crippen LogP contribution in [0.15, 0.2) is 66.7 Å². The van der Waals surface area contributed by atoms with E-state index in [2.05, 4.69) is 67.3 Å². The lowest BCUT2D eigenvalue weighted by atomic mass is 9.95. The minimum absolute atomic E-state index is 0.142. The molecule has 0 radical (unpaired) electrons. The van der Waals surface area contributed by atoms with Crippen LogP contribution >= 0.6 is 24.4 Å². The molecule has 0 aromatic heterocycles. The van der Waals surface area contributed by atoms with Gasteiger partial charge in [0.15, 0.2) is 0 Å². The SMILES string of the molecule is Cc1ccc(CCc2cc(CCCl)cc(Cc3ccccc3F)c2)cc1.NS. The van der Waals surface area contributed by atoms with Crippen LogP contribution < -0.4 is 5.14 Å². The van der Waals surface area contributed by atoms with Crippen molar-refractivity contribution in [3.8, 4) is 0 Å². The molecule has 0 amide bonds. The molecule has 28 heavy (non-hydrogen) atoms. The molecular formula is C24H27ClFNS. The zero-order valence-corrected chi connectivity index (χ0v) is 17.8. The number of hydrogen-bond acceptors (Lipinski definition) is 2. The van der Waals surface area contributed by atoms with E-state index in [1.165, 1.54) is 28.3 Å². The van der Waals surface area contributed by atoms with Crippen molar-refractivity contribution in [2.75, 3.05) is 5.88 Å². The molecule has 2 N–H and O–H groups in total. The largest absolute Gasteiger partial charge is 0.281 e. The maximum Gasteiger partial charge on any atom is 0.126 e. The van der Waals surface area contributed by atoms with Crippen molar-refractivity contribution in [1.82, 2.24) is 0 Å². The fourth-order valence-corrected chi connectivity index (χ4v) is 3.46. The van der Waals surface area contributed by atoms with Crippen LogP contribution in [0.5, 0.6) is 0 Å². The smallest absolute Gasteiger partial charge is 0.126 e. The average Bonchev–Trinajstić information content (AvgIpc) is 2.71. The number of rotatable bonds is 7. The highest BCUT2D eigenvalue weighted by Gasteiger charge is 2.06. The third-order valence-electron chi connectivity index (χ3n) is 4.67. The average molecular weight is 416 g/mol. The summed E-state index contributed by atoms with van der Waals surface area (Å²) in [5, 5.41) is 4.19. The van der Waals surface area contributed by atoms with Crippen molar-refractivity contribution in [3.63, 3.8) is 0 Å². The summed E-state index contributed by atoms with van der Waals surface area (Å²) < 4.78 is 14.0. The Morgan fingerprint density at radius 3 is 2.00 bits per heavy atom. The molecule has 0 fully saturated rings. The summed E-state index contributed by atoms with van der Waals surface area (Å²) in [4.78, 5) is 0. The van der Waals surface area contributed by atoms with Gasteiger partial charge in [-0.3, -0.25) is 5.14 Å². The van der Waals surface area contributed by atoms with Gasteiger partial charge in [0.05, 0.1) is 0 Å². The van der Waals surface area contributed by atoms with E-state index in [9.17, 15) is 4.39 Å². The normalized spacial score (nSPS) is 10.3. The molecule has 0 aliphatic rings. The third kappa shape index (κ3) is 6.97. The molecule has 0 saturated carbocycles. The lowest BCUT2D eigenvalue weighted by molar-refractivity contribution is 0.614. The third-order valence-corrected chi connectivity index (χ3v) is 4.86. The Labute approximate surface area is 178 Å². The van der Waals surface area contributed by atoms with Crippen molar-refractivity contribution >= 4 is 24.4 Å². The van der Waals surface area contributed by atoms with Crippen LogP contribution in [0, 0.1) is 12.7 Å². The molecule has 0 heterocycles. The van der Waals surface area contributed by atoms with Gasteiger partial charge in [0.2, 0.25) is 0 Å². The number of alkyl halides is 1. The molecule has 0 saturated heterocycles. The van der Waals surface area contributed by atoms with Gasteiger partial charge in [0, 0.05) is 12.3 Å². The molecule has 1 nitrogen and oxygen atoms in total. The maximum absolute atomic E-state index is 14.0. The second-order valence-electron chi connectivity index (χ2n) is 6.85. The van der Waals surface area contributed by atoms with Gasteiger partial charge >= 0.3 is 0 Å². The first-order valence-electron chi connectivity index (χ1n) is 9.36. The number of benzene rings is 3. The lowest BCUT2D eigenvalue weighted by Crippen LogP contribution is -1.99. The summed E-state index contributed by atoms with van der Waals surface area (Å²) in [5.41, 5.74) is 7.03. The number of thiol groups is 1. The Kier molecular flexibility index (Phi) is 9.56. The van der Waals surface area contributed by atoms with E-state index in [0.717, 1.165) is 30.4 Å². The summed E-state index contributed by atoms with van der Waals surface area (Å²) in [6, 6.07) is 22.3. The van der Waals surface area contributed by atoms with Gasteiger partial charge in [-0.15, -0.1) is 24.4 Å². The molecule has 0 bridgehead atoms. The fourth-order valence-electron chi connectivity index (χ4n) is 3.24. The standard InChI is InChI=1S/C24H24ClF.H3NS/c1-18-6-8-19(9-7-18)10-11-20-14-21(12-13-25)16-22(15-20)17-23-4-2-3-5-24(23)26;1-2/h2-9,14-16H,10-13,17H2,1H3;2H,1H2. The van der Waals surface area contributed by atoms with Crippen molar-refractivity contribution in [2.45, 2.75) is 32.6 Å². The topological polar surface area (TPSA) is 26.0 Å². The second-order valence-corrected chi connectivity index (χ2v) is 7.23. The molecule has 0 unspecified atom stereocenters. The van der Waals surface area contributed by atoms with E-state index in [-0.39, 0.29) is 5.82 Å². The quantitative estimate of drug-likeness (QED) is 0.355. The van der Waals surface area contributed by atoms with Crippen LogP contribution in [0.4, 0.5) is 4.39 Å². The van der Waals surface area contributed by atoms with Gasteiger partial charge < -0.3 is 0 Å². The van der Waals surface area contributed by atoms with Crippen molar-refractivity contribution in [1.29, 1.82) is 0 Å². The molecule has 3 aromatic carbocycles. The highest BCUT2D eigenvalue weighted by molar-refractivity contribution is 7.77. The van der Waals surface area contributed by atoms with Gasteiger partial charge in [-0.2, -0.15) is 0 Å². The Morgan fingerprint density at radius 2 is 1.36 bits per heavy atom. The van der Waals surface area contributed by atoms with E-state index in [1.54, 1.807) is 6.07 Å². The monoisotopic (exact) mass is 415 g/mol. The van der Waals surface area contributed by atoms with Gasteiger partial charge in [-0.1, -0.05) is 66.2 Å². The van der Waals surface area contributed by atoms with Crippen molar-refractivity contribution in [2.24, 2.45) is 5.14 Å². The lowest BCUT2D eigenvalue weighted by Gasteiger charge is -2.11. The van der Waals surface area contributed by atoms with Crippen molar-refractivity contribution < 1.29 is 4.39 Å². The van der Waals surface area contributed by atoms with Gasteiger partial charge in [0.1, 0.15) is 5.82 Å². The Balaban J connectivity index is 0.00000136. The summed E-state index contributed by atoms with van der Waals surface area (Å²) in [5.74, 6) is 0.456. The molecular weight excluding hydrogens is 389 g/mol. The maximum atomic E-state index is 14.0. The summed E-state index contributed by atoms with van der Waals surface area (Å²) >= 11 is 8.98. The Hall–Kier alpha value is -1.81. The van der Waals surface area contributed by atoms with E-state index >= 15 is 0 Å². The summed E-state index contributed by atoms with van der Waals surface area (Å²) in [6.07, 6.45) is 3.43. The fraction of sp³-hybridized carbons (Fsp3) is 0.250. The molecule has 0 aliphatic carbocycles. The molecule has 3 rings (SSSR count). The van der Waals surface area contributed by atoms with Crippen LogP contribution in [0.25, 0.3) is 0 Å². The molecule has 4 heteroatoms. The zero-order chi connectivity index (χ0) is 20.4. The molecule has 0 aliphatic heterocycles. The highest BCUT2D eigenvalue weighted by Crippen LogP contribution is 2.19. The van der Waals surface area contributed by atoms with Crippen LogP contribution in [-0.4, -0.2) is 5.88 Å². The summed E-state index contributed by atoms with van der Waals surface area (Å²) in [7, 11) is 0. The van der Waals surface area contributed by atoms with E-state index < -0.39 is 0 Å². The molecule has 3 aromatic rings. The minimum atomic E-state index is -0.142. The Morgan fingerprint density at radius 1 is 0.786 bits per heavy atom. The number of hydrogen-bond donors (Lipinski definition) is 2. The predicted molar refractivity (Wildman–Crippen MR) is 122 cm³/mol. The first kappa shape index (κ1) is 22.5. The van der Waals surface area contributed by atoms with Gasteiger partial charge in [-0.25, -0.2) is 4.39 Å². The Bertz CT molecular complexity index is 865. The number of aryl methyl sites for hydroxylation is 4. The summed E-state index contributed by atoms with van der Waals surface area (Å²) in [6.45, 7) is 2.11. The highest BCUT2D eigenvalue weighted by atomic mass is 35.5. The van der Waals surface area contributed by atoms with Gasteiger partial charge in [0.25, 0.3) is 0 Å². The first-order chi connectivity index (χ1) is 13.6. The van der Waals surface area contributed by atoms with Crippen LogP contribution in [0.2, 0.25) is 0 Å². The van der Waals surface area contributed by atoms with E-state index in [1.807, 2.05) is 12.1 Å². The van der Waals surface area contributed by atoms with Crippen LogP contribution in [-0.2, 0) is 25.7 Å². The van der Waals surface area contributed by atoms with E-state index in [4.69, 9.17) is 11.6 Å².